The maximum atomic E-state index is 12.3. The minimum absolute atomic E-state index is 0.0446. The Morgan fingerprint density at radius 1 is 1.19 bits per heavy atom. The fourth-order valence-electron chi connectivity index (χ4n) is 3.14. The lowest BCUT2D eigenvalue weighted by molar-refractivity contribution is 0.394. The molecule has 2 aliphatic carbocycles. The zero-order valence-corrected chi connectivity index (χ0v) is 12.0. The second-order valence-electron chi connectivity index (χ2n) is 6.29. The van der Waals surface area contributed by atoms with E-state index in [9.17, 15) is 4.79 Å². The third-order valence-corrected chi connectivity index (χ3v) is 4.59. The summed E-state index contributed by atoms with van der Waals surface area (Å²) in [6.07, 6.45) is 5.46. The predicted octanol–water partition coefficient (Wildman–Crippen LogP) is 1.57. The van der Waals surface area contributed by atoms with Crippen molar-refractivity contribution < 1.29 is 0 Å². The molecule has 21 heavy (non-hydrogen) atoms. The monoisotopic (exact) mass is 284 g/mol. The first-order chi connectivity index (χ1) is 10.3. The Labute approximate surface area is 123 Å². The molecule has 2 fully saturated rings. The largest absolute Gasteiger partial charge is 0.312 e. The Balaban J connectivity index is 1.44. The van der Waals surface area contributed by atoms with Gasteiger partial charge >= 0.3 is 0 Å². The van der Waals surface area contributed by atoms with Crippen molar-refractivity contribution in [3.8, 4) is 0 Å². The number of nitrogens with one attached hydrogen (secondary N) is 1. The number of fused-ring (bicyclic) bond motifs is 1. The van der Waals surface area contributed by atoms with Gasteiger partial charge in [-0.2, -0.15) is 0 Å². The average molecular weight is 284 g/mol. The molecule has 0 atom stereocenters. The topological polar surface area (TPSA) is 59.8 Å². The zero-order chi connectivity index (χ0) is 14.2. The molecular weight excluding hydrogens is 264 g/mol. The van der Waals surface area contributed by atoms with Crippen LogP contribution >= 0.6 is 0 Å². The van der Waals surface area contributed by atoms with Crippen LogP contribution in [0.5, 0.6) is 0 Å². The van der Waals surface area contributed by atoms with Crippen LogP contribution in [0.15, 0.2) is 29.1 Å². The summed E-state index contributed by atoms with van der Waals surface area (Å²) in [5.74, 6) is 1.74. The lowest BCUT2D eigenvalue weighted by Gasteiger charge is -2.17. The molecule has 2 saturated carbocycles. The van der Waals surface area contributed by atoms with Crippen molar-refractivity contribution in [2.75, 3.05) is 6.54 Å². The van der Waals surface area contributed by atoms with Gasteiger partial charge < -0.3 is 5.32 Å². The summed E-state index contributed by atoms with van der Waals surface area (Å²) in [6, 6.07) is 8.03. The van der Waals surface area contributed by atoms with E-state index >= 15 is 0 Å². The maximum absolute atomic E-state index is 12.3. The van der Waals surface area contributed by atoms with E-state index < -0.39 is 0 Å². The van der Waals surface area contributed by atoms with Crippen LogP contribution in [0.1, 0.15) is 25.7 Å². The highest BCUT2D eigenvalue weighted by molar-refractivity contribution is 5.76. The summed E-state index contributed by atoms with van der Waals surface area (Å²) in [5.41, 5.74) is 0.623. The van der Waals surface area contributed by atoms with Crippen molar-refractivity contribution in [1.82, 2.24) is 20.3 Å². The molecule has 5 heteroatoms. The van der Waals surface area contributed by atoms with E-state index in [1.54, 1.807) is 0 Å². The van der Waals surface area contributed by atoms with Crippen LogP contribution in [0.25, 0.3) is 10.9 Å². The Hall–Kier alpha value is -1.75. The standard InChI is InChI=1S/C16H20N4O/c21-16-13-3-1-2-4-14(13)18-19-20(16)10-9-17-15(11-5-6-11)12-7-8-12/h1-4,11-12,15,17H,5-10H2. The quantitative estimate of drug-likeness (QED) is 0.874. The fourth-order valence-corrected chi connectivity index (χ4v) is 3.14. The average Bonchev–Trinajstić information content (AvgIpc) is 3.38. The third kappa shape index (κ3) is 2.70. The highest BCUT2D eigenvalue weighted by Gasteiger charge is 2.40. The highest BCUT2D eigenvalue weighted by Crippen LogP contribution is 2.44. The Bertz CT molecular complexity index is 691. The van der Waals surface area contributed by atoms with Gasteiger partial charge in [0, 0.05) is 12.6 Å². The molecular formula is C16H20N4O. The van der Waals surface area contributed by atoms with Crippen LogP contribution in [0.2, 0.25) is 0 Å². The van der Waals surface area contributed by atoms with Gasteiger partial charge in [0.25, 0.3) is 5.56 Å². The fraction of sp³-hybridized carbons (Fsp3) is 0.562. The molecule has 1 aromatic carbocycles. The molecule has 5 nitrogen and oxygen atoms in total. The van der Waals surface area contributed by atoms with Gasteiger partial charge in [0.05, 0.1) is 11.9 Å². The summed E-state index contributed by atoms with van der Waals surface area (Å²) < 4.78 is 1.48. The van der Waals surface area contributed by atoms with Crippen LogP contribution < -0.4 is 10.9 Å². The molecule has 0 bridgehead atoms. The Morgan fingerprint density at radius 2 is 1.90 bits per heavy atom. The van der Waals surface area contributed by atoms with Crippen LogP contribution in [0.4, 0.5) is 0 Å². The maximum Gasteiger partial charge on any atom is 0.277 e. The number of rotatable bonds is 6. The third-order valence-electron chi connectivity index (χ3n) is 4.59. The number of aromatic nitrogens is 3. The van der Waals surface area contributed by atoms with Crippen molar-refractivity contribution in [2.24, 2.45) is 11.8 Å². The van der Waals surface area contributed by atoms with Gasteiger partial charge in [-0.1, -0.05) is 17.3 Å². The van der Waals surface area contributed by atoms with E-state index in [4.69, 9.17) is 0 Å². The smallest absolute Gasteiger partial charge is 0.277 e. The number of benzene rings is 1. The van der Waals surface area contributed by atoms with Crippen LogP contribution in [-0.4, -0.2) is 27.6 Å². The molecule has 0 aliphatic heterocycles. The van der Waals surface area contributed by atoms with E-state index in [0.717, 1.165) is 18.4 Å². The zero-order valence-electron chi connectivity index (χ0n) is 12.0. The molecule has 2 aliphatic rings. The predicted molar refractivity (Wildman–Crippen MR) is 81.0 cm³/mol. The van der Waals surface area contributed by atoms with E-state index in [0.29, 0.717) is 23.5 Å². The van der Waals surface area contributed by atoms with E-state index in [1.807, 2.05) is 24.3 Å². The normalized spacial score (nSPS) is 18.5. The highest BCUT2D eigenvalue weighted by atomic mass is 16.1. The molecule has 110 valence electrons. The summed E-state index contributed by atoms with van der Waals surface area (Å²) in [5, 5.41) is 12.4. The molecule has 1 aromatic heterocycles. The second kappa shape index (κ2) is 5.22. The second-order valence-corrected chi connectivity index (χ2v) is 6.29. The Kier molecular flexibility index (Phi) is 3.22. The molecule has 1 N–H and O–H groups in total. The molecule has 0 spiro atoms. The van der Waals surface area contributed by atoms with Crippen LogP contribution in [0, 0.1) is 11.8 Å². The van der Waals surface area contributed by atoms with Crippen molar-refractivity contribution in [3.05, 3.63) is 34.6 Å². The SMILES string of the molecule is O=c1c2ccccc2nnn1CCNC(C1CC1)C1CC1. The van der Waals surface area contributed by atoms with Crippen molar-refractivity contribution in [2.45, 2.75) is 38.3 Å². The van der Waals surface area contributed by atoms with E-state index in [1.165, 1.54) is 30.4 Å². The van der Waals surface area contributed by atoms with Crippen molar-refractivity contribution in [1.29, 1.82) is 0 Å². The van der Waals surface area contributed by atoms with Gasteiger partial charge in [0.2, 0.25) is 0 Å². The summed E-state index contributed by atoms with van der Waals surface area (Å²) >= 11 is 0. The van der Waals surface area contributed by atoms with Gasteiger partial charge in [0.15, 0.2) is 0 Å². The summed E-state index contributed by atoms with van der Waals surface area (Å²) in [6.45, 7) is 1.39. The lowest BCUT2D eigenvalue weighted by atomic mass is 10.1. The van der Waals surface area contributed by atoms with Crippen LogP contribution in [0.3, 0.4) is 0 Å². The van der Waals surface area contributed by atoms with E-state index in [-0.39, 0.29) is 5.56 Å². The first-order valence-corrected chi connectivity index (χ1v) is 7.89. The van der Waals surface area contributed by atoms with Crippen molar-refractivity contribution >= 4 is 10.9 Å². The molecule has 1 heterocycles. The molecule has 0 radical (unpaired) electrons. The van der Waals surface area contributed by atoms with E-state index in [2.05, 4.69) is 15.6 Å². The minimum atomic E-state index is -0.0446. The Morgan fingerprint density at radius 3 is 2.62 bits per heavy atom. The van der Waals surface area contributed by atoms with Gasteiger partial charge in [-0.05, 0) is 49.7 Å². The molecule has 4 rings (SSSR count). The number of hydrogen-bond acceptors (Lipinski definition) is 4. The first-order valence-electron chi connectivity index (χ1n) is 7.89. The molecule has 0 unspecified atom stereocenters. The lowest BCUT2D eigenvalue weighted by Crippen LogP contribution is -2.37. The van der Waals surface area contributed by atoms with Crippen LogP contribution in [-0.2, 0) is 6.54 Å². The molecule has 0 amide bonds. The molecule has 0 saturated heterocycles. The minimum Gasteiger partial charge on any atom is -0.312 e. The van der Waals surface area contributed by atoms with Gasteiger partial charge in [-0.15, -0.1) is 5.10 Å². The van der Waals surface area contributed by atoms with Gasteiger partial charge in [0.1, 0.15) is 5.52 Å². The number of nitrogens with zero attached hydrogens (tertiary/aromatic N) is 3. The van der Waals surface area contributed by atoms with Crippen molar-refractivity contribution in [3.63, 3.8) is 0 Å². The summed E-state index contributed by atoms with van der Waals surface area (Å²) in [7, 11) is 0. The number of hydrogen-bond donors (Lipinski definition) is 1. The van der Waals surface area contributed by atoms with Gasteiger partial charge in [-0.3, -0.25) is 4.79 Å². The van der Waals surface area contributed by atoms with Gasteiger partial charge in [-0.25, -0.2) is 4.68 Å². The molecule has 2 aromatic rings. The summed E-state index contributed by atoms with van der Waals surface area (Å²) in [4.78, 5) is 12.3. The first kappa shape index (κ1) is 13.0.